The number of carbonyl (C=O) groups is 2. The molecular formula is C12H15NO3. The Morgan fingerprint density at radius 2 is 1.88 bits per heavy atom. The van der Waals surface area contributed by atoms with Gasteiger partial charge in [0.2, 0.25) is 0 Å². The number of esters is 1. The molecule has 0 unspecified atom stereocenters. The summed E-state index contributed by atoms with van der Waals surface area (Å²) in [5.41, 5.74) is 1.82. The van der Waals surface area contributed by atoms with E-state index in [2.05, 4.69) is 5.32 Å². The Bertz CT molecular complexity index is 370. The molecule has 1 rings (SSSR count). The summed E-state index contributed by atoms with van der Waals surface area (Å²) in [6.07, 6.45) is 0.276. The molecule has 0 bridgehead atoms. The first-order valence-corrected chi connectivity index (χ1v) is 5.14. The summed E-state index contributed by atoms with van der Waals surface area (Å²) in [5, 5.41) is 2.63. The number of anilines is 1. The normalized spacial score (nSPS) is 9.62. The number of aryl methyl sites for hydroxylation is 1. The topological polar surface area (TPSA) is 55.4 Å². The highest BCUT2D eigenvalue weighted by Crippen LogP contribution is 2.08. The largest absolute Gasteiger partial charge is 0.456 e. The number of ether oxygens (including phenoxy) is 1. The molecule has 16 heavy (non-hydrogen) atoms. The van der Waals surface area contributed by atoms with Crippen molar-refractivity contribution in [1.82, 2.24) is 0 Å². The molecule has 4 nitrogen and oxygen atoms in total. The molecule has 1 N–H and O–H groups in total. The summed E-state index contributed by atoms with van der Waals surface area (Å²) in [6, 6.07) is 7.39. The van der Waals surface area contributed by atoms with E-state index in [1.807, 2.05) is 19.1 Å². The third-order valence-corrected chi connectivity index (χ3v) is 1.99. The predicted octanol–water partition coefficient (Wildman–Crippen LogP) is 1.89. The molecule has 0 aromatic heterocycles. The minimum Gasteiger partial charge on any atom is -0.456 e. The third-order valence-electron chi connectivity index (χ3n) is 1.99. The maximum Gasteiger partial charge on any atom is 0.306 e. The van der Waals surface area contributed by atoms with Crippen LogP contribution in [-0.2, 0) is 14.3 Å². The third kappa shape index (κ3) is 4.13. The zero-order chi connectivity index (χ0) is 12.0. The van der Waals surface area contributed by atoms with Gasteiger partial charge in [-0.05, 0) is 19.1 Å². The van der Waals surface area contributed by atoms with Crippen LogP contribution < -0.4 is 5.32 Å². The maximum atomic E-state index is 11.3. The lowest BCUT2D eigenvalue weighted by atomic mass is 10.2. The molecule has 1 aromatic carbocycles. The van der Waals surface area contributed by atoms with Crippen LogP contribution >= 0.6 is 0 Å². The van der Waals surface area contributed by atoms with E-state index < -0.39 is 0 Å². The van der Waals surface area contributed by atoms with E-state index in [9.17, 15) is 9.59 Å². The number of nitrogens with one attached hydrogen (secondary N) is 1. The minimum atomic E-state index is -0.376. The van der Waals surface area contributed by atoms with E-state index in [1.54, 1.807) is 19.1 Å². The number of hydrogen-bond acceptors (Lipinski definition) is 3. The van der Waals surface area contributed by atoms with E-state index >= 15 is 0 Å². The van der Waals surface area contributed by atoms with Gasteiger partial charge >= 0.3 is 5.97 Å². The summed E-state index contributed by atoms with van der Waals surface area (Å²) < 4.78 is 4.70. The van der Waals surface area contributed by atoms with Gasteiger partial charge in [-0.3, -0.25) is 9.59 Å². The molecule has 1 aromatic rings. The number of benzene rings is 1. The van der Waals surface area contributed by atoms with Crippen molar-refractivity contribution in [3.8, 4) is 0 Å². The highest BCUT2D eigenvalue weighted by molar-refractivity contribution is 5.92. The van der Waals surface area contributed by atoms with E-state index in [-0.39, 0.29) is 24.9 Å². The van der Waals surface area contributed by atoms with E-state index in [0.29, 0.717) is 5.69 Å². The van der Waals surface area contributed by atoms with Crippen molar-refractivity contribution in [1.29, 1.82) is 0 Å². The van der Waals surface area contributed by atoms with E-state index in [0.717, 1.165) is 5.56 Å². The molecule has 0 fully saturated rings. The van der Waals surface area contributed by atoms with Gasteiger partial charge in [-0.15, -0.1) is 0 Å². The van der Waals surface area contributed by atoms with Crippen LogP contribution in [0.2, 0.25) is 0 Å². The van der Waals surface area contributed by atoms with Crippen LogP contribution in [0.25, 0.3) is 0 Å². The number of carbonyl (C=O) groups excluding carboxylic acids is 2. The predicted molar refractivity (Wildman–Crippen MR) is 61.1 cm³/mol. The lowest BCUT2D eigenvalue weighted by Gasteiger charge is -2.05. The van der Waals surface area contributed by atoms with E-state index in [1.165, 1.54) is 0 Å². The van der Waals surface area contributed by atoms with Crippen molar-refractivity contribution < 1.29 is 14.3 Å². The van der Waals surface area contributed by atoms with Crippen molar-refractivity contribution in [2.45, 2.75) is 20.3 Å². The van der Waals surface area contributed by atoms with Gasteiger partial charge in [0.15, 0.2) is 6.61 Å². The van der Waals surface area contributed by atoms with Crippen molar-refractivity contribution in [3.05, 3.63) is 29.8 Å². The number of hydrogen-bond donors (Lipinski definition) is 1. The van der Waals surface area contributed by atoms with Gasteiger partial charge in [0, 0.05) is 12.1 Å². The van der Waals surface area contributed by atoms with Crippen LogP contribution in [-0.4, -0.2) is 18.5 Å². The fourth-order valence-electron chi connectivity index (χ4n) is 1.08. The average molecular weight is 221 g/mol. The Morgan fingerprint density at radius 3 is 2.44 bits per heavy atom. The fourth-order valence-corrected chi connectivity index (χ4v) is 1.08. The highest BCUT2D eigenvalue weighted by Gasteiger charge is 2.05. The molecule has 0 saturated carbocycles. The average Bonchev–Trinajstić information content (AvgIpc) is 2.29. The van der Waals surface area contributed by atoms with Crippen LogP contribution in [0.1, 0.15) is 18.9 Å². The molecule has 0 aliphatic carbocycles. The molecule has 4 heteroatoms. The van der Waals surface area contributed by atoms with Crippen LogP contribution in [0, 0.1) is 6.92 Å². The highest BCUT2D eigenvalue weighted by atomic mass is 16.5. The van der Waals surface area contributed by atoms with Crippen molar-refractivity contribution in [3.63, 3.8) is 0 Å². The quantitative estimate of drug-likeness (QED) is 0.790. The monoisotopic (exact) mass is 221 g/mol. The second-order valence-corrected chi connectivity index (χ2v) is 3.43. The molecule has 1 amide bonds. The van der Waals surface area contributed by atoms with Gasteiger partial charge in [-0.1, -0.05) is 24.6 Å². The lowest BCUT2D eigenvalue weighted by Crippen LogP contribution is -2.20. The van der Waals surface area contributed by atoms with Crippen molar-refractivity contribution >= 4 is 17.6 Å². The first kappa shape index (κ1) is 12.2. The molecule has 0 heterocycles. The van der Waals surface area contributed by atoms with Gasteiger partial charge in [0.25, 0.3) is 5.91 Å². The van der Waals surface area contributed by atoms with Gasteiger partial charge < -0.3 is 10.1 Å². The number of rotatable bonds is 4. The Labute approximate surface area is 94.6 Å². The zero-order valence-corrected chi connectivity index (χ0v) is 9.45. The van der Waals surface area contributed by atoms with Crippen molar-refractivity contribution in [2.75, 3.05) is 11.9 Å². The molecule has 0 atom stereocenters. The second-order valence-electron chi connectivity index (χ2n) is 3.43. The van der Waals surface area contributed by atoms with E-state index in [4.69, 9.17) is 4.74 Å². The fraction of sp³-hybridized carbons (Fsp3) is 0.333. The Morgan fingerprint density at radius 1 is 1.25 bits per heavy atom. The first-order chi connectivity index (χ1) is 7.61. The van der Waals surface area contributed by atoms with Crippen molar-refractivity contribution in [2.24, 2.45) is 0 Å². The molecule has 0 saturated heterocycles. The summed E-state index contributed by atoms with van der Waals surface area (Å²) in [5.74, 6) is -0.704. The SMILES string of the molecule is CCC(=O)OCC(=O)Nc1ccc(C)cc1. The van der Waals surface area contributed by atoms with Crippen LogP contribution in [0.3, 0.4) is 0 Å². The Kier molecular flexibility index (Phi) is 4.51. The van der Waals surface area contributed by atoms with Gasteiger partial charge in [0.1, 0.15) is 0 Å². The van der Waals surface area contributed by atoms with Gasteiger partial charge in [0.05, 0.1) is 0 Å². The van der Waals surface area contributed by atoms with Gasteiger partial charge in [-0.25, -0.2) is 0 Å². The molecular weight excluding hydrogens is 206 g/mol. The van der Waals surface area contributed by atoms with Crippen LogP contribution in [0.5, 0.6) is 0 Å². The molecule has 0 radical (unpaired) electrons. The molecule has 86 valence electrons. The zero-order valence-electron chi connectivity index (χ0n) is 9.45. The molecule has 0 aliphatic rings. The number of amides is 1. The summed E-state index contributed by atoms with van der Waals surface area (Å²) in [4.78, 5) is 22.1. The maximum absolute atomic E-state index is 11.3. The van der Waals surface area contributed by atoms with Crippen LogP contribution in [0.15, 0.2) is 24.3 Å². The first-order valence-electron chi connectivity index (χ1n) is 5.14. The summed E-state index contributed by atoms with van der Waals surface area (Å²) in [6.45, 7) is 3.41. The standard InChI is InChI=1S/C12H15NO3/c1-3-12(15)16-8-11(14)13-10-6-4-9(2)5-7-10/h4-7H,3,8H2,1-2H3,(H,13,14). The van der Waals surface area contributed by atoms with Gasteiger partial charge in [-0.2, -0.15) is 0 Å². The lowest BCUT2D eigenvalue weighted by molar-refractivity contribution is -0.146. The summed E-state index contributed by atoms with van der Waals surface area (Å²) in [7, 11) is 0. The van der Waals surface area contributed by atoms with Crippen LogP contribution in [0.4, 0.5) is 5.69 Å². The Balaban J connectivity index is 2.40. The Hall–Kier alpha value is -1.84. The smallest absolute Gasteiger partial charge is 0.306 e. The second kappa shape index (κ2) is 5.90. The minimum absolute atomic E-state index is 0.236. The molecule has 0 aliphatic heterocycles. The summed E-state index contributed by atoms with van der Waals surface area (Å²) >= 11 is 0. The molecule has 0 spiro atoms.